The maximum Gasteiger partial charge on any atom is 0.259 e. The van der Waals surface area contributed by atoms with Crippen LogP contribution in [0.15, 0.2) is 48.0 Å². The minimum atomic E-state index is -0.959. The highest BCUT2D eigenvalue weighted by molar-refractivity contribution is 6.33. The molecule has 1 aromatic heterocycles. The van der Waals surface area contributed by atoms with Crippen LogP contribution in [-0.4, -0.2) is 57.6 Å². The number of hydrogen-bond acceptors (Lipinski definition) is 4. The number of rotatable bonds is 3. The number of carbonyl (C=O) groups excluding carboxylic acids is 2. The number of amides is 2. The van der Waals surface area contributed by atoms with E-state index in [-0.39, 0.29) is 34.5 Å². The molecule has 0 radical (unpaired) electrons. The molecule has 8 heteroatoms. The summed E-state index contributed by atoms with van der Waals surface area (Å²) in [5.74, 6) is -0.364. The van der Waals surface area contributed by atoms with Crippen LogP contribution < -0.4 is 0 Å². The fourth-order valence-corrected chi connectivity index (χ4v) is 4.94. The zero-order valence-corrected chi connectivity index (χ0v) is 20.6. The highest BCUT2D eigenvalue weighted by atomic mass is 35.5. The molecule has 2 aliphatic rings. The zero-order chi connectivity index (χ0) is 24.8. The topological polar surface area (TPSA) is 65.9 Å². The Morgan fingerprint density at radius 2 is 1.97 bits per heavy atom. The van der Waals surface area contributed by atoms with E-state index in [9.17, 15) is 14.0 Å². The van der Waals surface area contributed by atoms with Crippen LogP contribution in [0.3, 0.4) is 0 Å². The van der Waals surface area contributed by atoms with Gasteiger partial charge < -0.3 is 9.80 Å². The van der Waals surface area contributed by atoms with Crippen molar-refractivity contribution < 1.29 is 14.0 Å². The molecule has 2 amide bonds. The van der Waals surface area contributed by atoms with E-state index < -0.39 is 11.2 Å². The smallest absolute Gasteiger partial charge is 0.259 e. The summed E-state index contributed by atoms with van der Waals surface area (Å²) in [5.41, 5.74) is 0.825. The molecule has 3 unspecified atom stereocenters. The summed E-state index contributed by atoms with van der Waals surface area (Å²) in [6.07, 6.45) is 1.80. The number of piperazine rings is 1. The second-order valence-corrected chi connectivity index (χ2v) is 9.57. The average Bonchev–Trinajstić information content (AvgIpc) is 2.82. The molecule has 1 aromatic carbocycles. The lowest BCUT2D eigenvalue weighted by Crippen LogP contribution is -2.60. The second-order valence-electron chi connectivity index (χ2n) is 9.17. The van der Waals surface area contributed by atoms with E-state index >= 15 is 0 Å². The van der Waals surface area contributed by atoms with Crippen molar-refractivity contribution in [2.24, 2.45) is 4.99 Å². The first kappa shape index (κ1) is 24.1. The maximum atomic E-state index is 14.6. The van der Waals surface area contributed by atoms with Crippen molar-refractivity contribution in [3.8, 4) is 11.3 Å². The van der Waals surface area contributed by atoms with Crippen LogP contribution in [0.1, 0.15) is 45.4 Å². The summed E-state index contributed by atoms with van der Waals surface area (Å²) >= 11 is 6.64. The quantitative estimate of drug-likeness (QED) is 0.599. The average molecular weight is 483 g/mol. The van der Waals surface area contributed by atoms with Gasteiger partial charge in [0.15, 0.2) is 0 Å². The predicted octanol–water partition coefficient (Wildman–Crippen LogP) is 4.60. The SMILES string of the molecule is C=CC(=O)N1CC(C)N(C2=NC(=O)C(C)(CC)c3nc(-c4ccccc4F)c(Cl)cc32)CC1C. The third-order valence-electron chi connectivity index (χ3n) is 6.97. The number of hydrogen-bond donors (Lipinski definition) is 0. The van der Waals surface area contributed by atoms with E-state index in [0.29, 0.717) is 42.3 Å². The Kier molecular flexibility index (Phi) is 6.34. The normalized spacial score (nSPS) is 24.5. The number of aliphatic imine (C=N–C) groups is 1. The van der Waals surface area contributed by atoms with Crippen molar-refractivity contribution in [3.05, 3.63) is 65.1 Å². The summed E-state index contributed by atoms with van der Waals surface area (Å²) in [6, 6.07) is 7.84. The van der Waals surface area contributed by atoms with Gasteiger partial charge in [-0.2, -0.15) is 4.99 Å². The summed E-state index contributed by atoms with van der Waals surface area (Å²) in [6.45, 7) is 12.2. The Labute approximate surface area is 204 Å². The van der Waals surface area contributed by atoms with Crippen molar-refractivity contribution >= 4 is 29.3 Å². The molecule has 1 saturated heterocycles. The summed E-state index contributed by atoms with van der Waals surface area (Å²) in [5, 5.41) is 0.283. The minimum absolute atomic E-state index is 0.101. The highest BCUT2D eigenvalue weighted by Gasteiger charge is 2.45. The fraction of sp³-hybridized carbons (Fsp3) is 0.385. The van der Waals surface area contributed by atoms with Gasteiger partial charge in [0.05, 0.1) is 21.8 Å². The Morgan fingerprint density at radius 3 is 2.62 bits per heavy atom. The Bertz CT molecular complexity index is 1210. The summed E-state index contributed by atoms with van der Waals surface area (Å²) in [7, 11) is 0. The van der Waals surface area contributed by atoms with Crippen LogP contribution in [0.2, 0.25) is 5.02 Å². The van der Waals surface area contributed by atoms with Crippen molar-refractivity contribution in [1.29, 1.82) is 0 Å². The molecule has 0 saturated carbocycles. The van der Waals surface area contributed by atoms with Crippen LogP contribution in [0.5, 0.6) is 0 Å². The van der Waals surface area contributed by atoms with Crippen molar-refractivity contribution in [1.82, 2.24) is 14.8 Å². The molecule has 2 aliphatic heterocycles. The van der Waals surface area contributed by atoms with Crippen molar-refractivity contribution in [2.45, 2.75) is 51.6 Å². The maximum absolute atomic E-state index is 14.6. The van der Waals surface area contributed by atoms with E-state index in [4.69, 9.17) is 16.6 Å². The molecule has 1 fully saturated rings. The lowest BCUT2D eigenvalue weighted by atomic mass is 9.78. The third-order valence-corrected chi connectivity index (χ3v) is 7.26. The Morgan fingerprint density at radius 1 is 1.26 bits per heavy atom. The van der Waals surface area contributed by atoms with E-state index in [0.717, 1.165) is 0 Å². The Hall–Kier alpha value is -3.06. The van der Waals surface area contributed by atoms with Crippen LogP contribution >= 0.6 is 11.6 Å². The van der Waals surface area contributed by atoms with Gasteiger partial charge in [-0.05, 0) is 51.5 Å². The van der Waals surface area contributed by atoms with Crippen molar-refractivity contribution in [2.75, 3.05) is 13.1 Å². The molecule has 0 aliphatic carbocycles. The number of benzene rings is 1. The van der Waals surface area contributed by atoms with Crippen LogP contribution in [0.4, 0.5) is 4.39 Å². The van der Waals surface area contributed by atoms with Crippen molar-refractivity contribution in [3.63, 3.8) is 0 Å². The third kappa shape index (κ3) is 3.82. The first-order chi connectivity index (χ1) is 16.1. The van der Waals surface area contributed by atoms with E-state index in [1.807, 2.05) is 32.6 Å². The molecular formula is C26H28ClFN4O2. The lowest BCUT2D eigenvalue weighted by molar-refractivity contribution is -0.131. The van der Waals surface area contributed by atoms with Gasteiger partial charge in [-0.25, -0.2) is 9.37 Å². The first-order valence-electron chi connectivity index (χ1n) is 11.4. The zero-order valence-electron chi connectivity index (χ0n) is 19.8. The number of pyridine rings is 1. The standard InChI is InChI=1S/C26H28ClFN4O2/c1-6-21(33)31-13-16(4)32(14-15(31)3)24-18-12-19(27)22(17-10-8-9-11-20(17)28)29-23(18)26(5,7-2)25(34)30-24/h6,8-12,15-16H,1,7,13-14H2,2-5H3. The fourth-order valence-electron chi connectivity index (χ4n) is 4.69. The molecule has 34 heavy (non-hydrogen) atoms. The number of carbonyl (C=O) groups is 2. The van der Waals surface area contributed by atoms with E-state index in [1.165, 1.54) is 12.1 Å². The van der Waals surface area contributed by atoms with Gasteiger partial charge in [-0.3, -0.25) is 9.59 Å². The summed E-state index contributed by atoms with van der Waals surface area (Å²) < 4.78 is 14.6. The van der Waals surface area contributed by atoms with Gasteiger partial charge in [-0.15, -0.1) is 0 Å². The van der Waals surface area contributed by atoms with Crippen LogP contribution in [-0.2, 0) is 15.0 Å². The molecule has 3 heterocycles. The summed E-state index contributed by atoms with van der Waals surface area (Å²) in [4.78, 5) is 38.7. The van der Waals surface area contributed by atoms with Crippen LogP contribution in [0.25, 0.3) is 11.3 Å². The van der Waals surface area contributed by atoms with Gasteiger partial charge in [0, 0.05) is 36.3 Å². The molecular weight excluding hydrogens is 455 g/mol. The molecule has 0 spiro atoms. The molecule has 0 bridgehead atoms. The van der Waals surface area contributed by atoms with E-state index in [2.05, 4.69) is 11.6 Å². The number of nitrogens with zero attached hydrogens (tertiary/aromatic N) is 4. The molecule has 0 N–H and O–H groups in total. The van der Waals surface area contributed by atoms with E-state index in [1.54, 1.807) is 29.2 Å². The van der Waals surface area contributed by atoms with Gasteiger partial charge in [0.25, 0.3) is 5.91 Å². The van der Waals surface area contributed by atoms with Gasteiger partial charge in [0.2, 0.25) is 5.91 Å². The molecule has 2 aromatic rings. The number of aromatic nitrogens is 1. The monoisotopic (exact) mass is 482 g/mol. The Balaban J connectivity index is 1.84. The molecule has 3 atom stereocenters. The van der Waals surface area contributed by atoms with Gasteiger partial charge in [-0.1, -0.05) is 37.2 Å². The number of fused-ring (bicyclic) bond motifs is 1. The minimum Gasteiger partial charge on any atom is -0.349 e. The van der Waals surface area contributed by atoms with Gasteiger partial charge >= 0.3 is 0 Å². The highest BCUT2D eigenvalue weighted by Crippen LogP contribution is 2.40. The first-order valence-corrected chi connectivity index (χ1v) is 11.8. The molecule has 178 valence electrons. The number of halogens is 2. The second kappa shape index (κ2) is 8.95. The predicted molar refractivity (Wildman–Crippen MR) is 131 cm³/mol. The largest absolute Gasteiger partial charge is 0.349 e. The molecule has 4 rings (SSSR count). The molecule has 6 nitrogen and oxygen atoms in total. The van der Waals surface area contributed by atoms with Crippen LogP contribution in [0, 0.1) is 5.82 Å². The van der Waals surface area contributed by atoms with Gasteiger partial charge in [0.1, 0.15) is 11.7 Å². The lowest BCUT2D eigenvalue weighted by Gasteiger charge is -2.46. The number of amidine groups is 1.